The Balaban J connectivity index is 1.15. The Bertz CT molecular complexity index is 1180. The Morgan fingerprint density at radius 2 is 0.640 bits per heavy atom. The fourth-order valence-electron chi connectivity index (χ4n) is 5.91. The summed E-state index contributed by atoms with van der Waals surface area (Å²) in [4.78, 5) is 17.9. The molecule has 11 heteroatoms. The van der Waals surface area contributed by atoms with Crippen molar-refractivity contribution in [2.24, 2.45) is 0 Å². The molecule has 0 N–H and O–H groups in total. The molecule has 2 aliphatic heterocycles. The highest BCUT2D eigenvalue weighted by Crippen LogP contribution is 2.30. The van der Waals surface area contributed by atoms with E-state index >= 15 is 0 Å². The van der Waals surface area contributed by atoms with E-state index in [0.29, 0.717) is 106 Å². The maximum absolute atomic E-state index is 13.4. The number of carbonyl (C=O) groups excluding carboxylic acids is 1. The third-order valence-electron chi connectivity index (χ3n) is 8.70. The van der Waals surface area contributed by atoms with Crippen LogP contribution in [0.3, 0.4) is 0 Å². The van der Waals surface area contributed by atoms with E-state index in [4.69, 9.17) is 37.9 Å². The zero-order chi connectivity index (χ0) is 34.5. The Morgan fingerprint density at radius 1 is 0.380 bits per heavy atom. The summed E-state index contributed by atoms with van der Waals surface area (Å²) in [6, 6.07) is 16.7. The highest BCUT2D eigenvalue weighted by Gasteiger charge is 2.23. The standard InChI is InChI=1S/C39H54N2O9/c42-39-35(31-33-1-7-37(8-2-33)40-11-15-43-19-23-47-27-28-48-24-20-44-16-12-40)5-6-36(39)32-34-3-9-38(10-4-34)41-13-17-45-21-25-49-29-30-50-26-22-46-18-14-41/h1-4,7-10,31-32H,5-6,11-30H2. The predicted molar refractivity (Wildman–Crippen MR) is 194 cm³/mol. The number of hydrogen-bond acceptors (Lipinski definition) is 11. The fourth-order valence-corrected chi connectivity index (χ4v) is 5.91. The topological polar surface area (TPSA) is 97.4 Å². The van der Waals surface area contributed by atoms with Gasteiger partial charge in [0.05, 0.1) is 106 Å². The zero-order valence-corrected chi connectivity index (χ0v) is 29.4. The molecule has 0 unspecified atom stereocenters. The first-order valence-corrected chi connectivity index (χ1v) is 18.0. The first kappa shape index (κ1) is 38.1. The summed E-state index contributed by atoms with van der Waals surface area (Å²) in [6.45, 7) is 12.2. The summed E-state index contributed by atoms with van der Waals surface area (Å²) < 4.78 is 45.3. The molecule has 1 saturated carbocycles. The van der Waals surface area contributed by atoms with Crippen molar-refractivity contribution in [3.63, 3.8) is 0 Å². The van der Waals surface area contributed by atoms with Gasteiger partial charge in [0.25, 0.3) is 0 Å². The molecule has 2 heterocycles. The van der Waals surface area contributed by atoms with Gasteiger partial charge in [-0.1, -0.05) is 24.3 Å². The molecule has 2 saturated heterocycles. The third-order valence-corrected chi connectivity index (χ3v) is 8.70. The van der Waals surface area contributed by atoms with Crippen molar-refractivity contribution in [2.45, 2.75) is 12.8 Å². The second-order valence-electron chi connectivity index (χ2n) is 12.2. The fraction of sp³-hybridized carbons (Fsp3) is 0.564. The number of ketones is 1. The minimum Gasteiger partial charge on any atom is -0.377 e. The number of hydrogen-bond donors (Lipinski definition) is 0. The average molecular weight is 695 g/mol. The van der Waals surface area contributed by atoms with Crippen LogP contribution in [0.15, 0.2) is 59.7 Å². The largest absolute Gasteiger partial charge is 0.377 e. The van der Waals surface area contributed by atoms with Crippen LogP contribution in [0.25, 0.3) is 12.2 Å². The summed E-state index contributed by atoms with van der Waals surface area (Å²) in [5.41, 5.74) is 5.91. The van der Waals surface area contributed by atoms with Crippen molar-refractivity contribution in [3.05, 3.63) is 70.8 Å². The molecule has 3 aliphatic rings. The van der Waals surface area contributed by atoms with Gasteiger partial charge in [0, 0.05) is 48.7 Å². The van der Waals surface area contributed by atoms with Crippen LogP contribution in [-0.4, -0.2) is 138 Å². The molecule has 0 amide bonds. The van der Waals surface area contributed by atoms with Crippen LogP contribution in [-0.2, 0) is 42.7 Å². The van der Waals surface area contributed by atoms with E-state index in [1.165, 1.54) is 0 Å². The molecule has 0 atom stereocenters. The summed E-state index contributed by atoms with van der Waals surface area (Å²) in [5, 5.41) is 0. The molecule has 50 heavy (non-hydrogen) atoms. The van der Waals surface area contributed by atoms with Gasteiger partial charge in [-0.3, -0.25) is 4.79 Å². The molecular formula is C39H54N2O9. The lowest BCUT2D eigenvalue weighted by Gasteiger charge is -2.25. The molecule has 2 aromatic rings. The second-order valence-corrected chi connectivity index (χ2v) is 12.2. The molecule has 3 fully saturated rings. The molecule has 0 spiro atoms. The van der Waals surface area contributed by atoms with Crippen LogP contribution in [0.5, 0.6) is 0 Å². The van der Waals surface area contributed by atoms with Gasteiger partial charge >= 0.3 is 0 Å². The third kappa shape index (κ3) is 13.5. The van der Waals surface area contributed by atoms with Gasteiger partial charge in [-0.15, -0.1) is 0 Å². The van der Waals surface area contributed by atoms with E-state index in [1.54, 1.807) is 0 Å². The van der Waals surface area contributed by atoms with E-state index in [9.17, 15) is 4.79 Å². The first-order chi connectivity index (χ1) is 24.8. The molecule has 1 aliphatic carbocycles. The number of Topliss-reactive ketones (excluding diaryl/α,β-unsaturated/α-hetero) is 1. The number of anilines is 2. The predicted octanol–water partition coefficient (Wildman–Crippen LogP) is 4.29. The van der Waals surface area contributed by atoms with Crippen LogP contribution in [0.4, 0.5) is 11.4 Å². The molecule has 0 radical (unpaired) electrons. The quantitative estimate of drug-likeness (QED) is 0.429. The van der Waals surface area contributed by atoms with Crippen molar-refractivity contribution in [3.8, 4) is 0 Å². The molecule has 0 aromatic heterocycles. The Labute approximate surface area is 297 Å². The first-order valence-electron chi connectivity index (χ1n) is 18.0. The molecule has 2 aromatic carbocycles. The Morgan fingerprint density at radius 3 is 0.920 bits per heavy atom. The lowest BCUT2D eigenvalue weighted by Crippen LogP contribution is -2.31. The smallest absolute Gasteiger partial charge is 0.185 e. The van der Waals surface area contributed by atoms with Crippen LogP contribution in [0.1, 0.15) is 24.0 Å². The SMILES string of the molecule is O=C1C(=Cc2ccc(N3CCOCCOCCOCCOCC3)cc2)CCC1=Cc1ccc(N2CCOCCOCCOCCOCC2)cc1. The van der Waals surface area contributed by atoms with Crippen molar-refractivity contribution in [1.29, 1.82) is 0 Å². The Kier molecular flexibility index (Phi) is 17.3. The number of allylic oxidation sites excluding steroid dienone is 2. The summed E-state index contributed by atoms with van der Waals surface area (Å²) >= 11 is 0. The highest BCUT2D eigenvalue weighted by atomic mass is 16.6. The van der Waals surface area contributed by atoms with Gasteiger partial charge in [-0.2, -0.15) is 0 Å². The molecule has 274 valence electrons. The molecule has 0 bridgehead atoms. The maximum atomic E-state index is 13.4. The number of ether oxygens (including phenoxy) is 8. The van der Waals surface area contributed by atoms with Crippen molar-refractivity contribution < 1.29 is 42.7 Å². The highest BCUT2D eigenvalue weighted by molar-refractivity contribution is 6.15. The van der Waals surface area contributed by atoms with E-state index in [-0.39, 0.29) is 5.78 Å². The van der Waals surface area contributed by atoms with Gasteiger partial charge in [-0.25, -0.2) is 0 Å². The van der Waals surface area contributed by atoms with E-state index in [2.05, 4.69) is 58.3 Å². The molecule has 11 nitrogen and oxygen atoms in total. The lowest BCUT2D eigenvalue weighted by molar-refractivity contribution is -0.111. The van der Waals surface area contributed by atoms with Gasteiger partial charge in [0.15, 0.2) is 5.78 Å². The van der Waals surface area contributed by atoms with Gasteiger partial charge in [-0.05, 0) is 60.4 Å². The normalized spacial score (nSPS) is 22.8. The summed E-state index contributed by atoms with van der Waals surface area (Å²) in [7, 11) is 0. The van der Waals surface area contributed by atoms with E-state index in [0.717, 1.165) is 72.7 Å². The maximum Gasteiger partial charge on any atom is 0.185 e. The monoisotopic (exact) mass is 694 g/mol. The Hall–Kier alpha value is -3.13. The molecule has 5 rings (SSSR count). The van der Waals surface area contributed by atoms with E-state index in [1.807, 2.05) is 12.2 Å². The van der Waals surface area contributed by atoms with Crippen LogP contribution >= 0.6 is 0 Å². The van der Waals surface area contributed by atoms with Gasteiger partial charge in [0.2, 0.25) is 0 Å². The van der Waals surface area contributed by atoms with Crippen molar-refractivity contribution in [2.75, 3.05) is 142 Å². The average Bonchev–Trinajstić information content (AvgIpc) is 3.46. The summed E-state index contributed by atoms with van der Waals surface area (Å²) in [5.74, 6) is 0.124. The number of nitrogens with zero attached hydrogens (tertiary/aromatic N) is 2. The van der Waals surface area contributed by atoms with E-state index < -0.39 is 0 Å². The molecular weight excluding hydrogens is 640 g/mol. The number of carbonyl (C=O) groups is 1. The van der Waals surface area contributed by atoms with Crippen molar-refractivity contribution in [1.82, 2.24) is 0 Å². The van der Waals surface area contributed by atoms with Crippen LogP contribution < -0.4 is 9.80 Å². The lowest BCUT2D eigenvalue weighted by atomic mass is 10.1. The van der Waals surface area contributed by atoms with Crippen molar-refractivity contribution >= 4 is 29.3 Å². The van der Waals surface area contributed by atoms with Crippen LogP contribution in [0.2, 0.25) is 0 Å². The number of rotatable bonds is 4. The second kappa shape index (κ2) is 22.6. The zero-order valence-electron chi connectivity index (χ0n) is 29.4. The van der Waals surface area contributed by atoms with Gasteiger partial charge in [0.1, 0.15) is 0 Å². The summed E-state index contributed by atoms with van der Waals surface area (Å²) in [6.07, 6.45) is 5.53. The minimum atomic E-state index is 0.124. The minimum absolute atomic E-state index is 0.124. The van der Waals surface area contributed by atoms with Gasteiger partial charge < -0.3 is 47.7 Å². The number of benzene rings is 2. The van der Waals surface area contributed by atoms with Crippen LogP contribution in [0, 0.1) is 0 Å².